The van der Waals surface area contributed by atoms with Crippen LogP contribution in [0.2, 0.25) is 0 Å². The monoisotopic (exact) mass is 319 g/mol. The zero-order valence-electron chi connectivity index (χ0n) is 13.9. The minimum Gasteiger partial charge on any atom is -0.364 e. The van der Waals surface area contributed by atoms with Crippen molar-refractivity contribution in [1.82, 2.24) is 9.97 Å². The van der Waals surface area contributed by atoms with Gasteiger partial charge in [0.2, 0.25) is 0 Å². The number of quaternary nitrogens is 1. The lowest BCUT2D eigenvalue weighted by molar-refractivity contribution is -0.894. The van der Waals surface area contributed by atoms with Crippen molar-refractivity contribution >= 4 is 27.4 Å². The van der Waals surface area contributed by atoms with Gasteiger partial charge in [0.15, 0.2) is 0 Å². The van der Waals surface area contributed by atoms with Crippen LogP contribution in [0.5, 0.6) is 0 Å². The Labute approximate surface area is 137 Å². The summed E-state index contributed by atoms with van der Waals surface area (Å²) in [6.07, 6.45) is 5.40. The first-order valence-electron chi connectivity index (χ1n) is 8.55. The predicted octanol–water partition coefficient (Wildman–Crippen LogP) is 2.15. The molecular formula is C17H27N4S+. The van der Waals surface area contributed by atoms with Crippen LogP contribution in [0.15, 0.2) is 6.33 Å². The number of hydrogen-bond donors (Lipinski definition) is 2. The lowest BCUT2D eigenvalue weighted by Crippen LogP contribution is -3.12. The average molecular weight is 319 g/mol. The molecule has 1 aliphatic carbocycles. The Morgan fingerprint density at radius 2 is 2.14 bits per heavy atom. The van der Waals surface area contributed by atoms with Crippen LogP contribution in [0.25, 0.3) is 10.2 Å². The van der Waals surface area contributed by atoms with Gasteiger partial charge in [-0.15, -0.1) is 11.3 Å². The summed E-state index contributed by atoms with van der Waals surface area (Å²) in [6, 6.07) is 0. The molecule has 3 rings (SSSR count). The first kappa shape index (κ1) is 15.7. The van der Waals surface area contributed by atoms with Gasteiger partial charge >= 0.3 is 0 Å². The Kier molecular flexibility index (Phi) is 4.93. The first-order chi connectivity index (χ1) is 10.7. The van der Waals surface area contributed by atoms with E-state index in [0.29, 0.717) is 0 Å². The highest BCUT2D eigenvalue weighted by Crippen LogP contribution is 2.39. The molecule has 0 saturated carbocycles. The van der Waals surface area contributed by atoms with E-state index in [2.05, 4.69) is 36.1 Å². The van der Waals surface area contributed by atoms with Crippen LogP contribution in [0, 0.1) is 5.92 Å². The molecule has 1 atom stereocenters. The van der Waals surface area contributed by atoms with Crippen molar-refractivity contribution in [2.75, 3.05) is 31.5 Å². The van der Waals surface area contributed by atoms with Gasteiger partial charge in [-0.1, -0.05) is 6.92 Å². The SMILES string of the molecule is CC[NH+](CC)CCNc1ncnc2sc3c(c12)C[C@H](C)CC3. The van der Waals surface area contributed by atoms with E-state index in [1.54, 1.807) is 11.2 Å². The van der Waals surface area contributed by atoms with Gasteiger partial charge in [-0.3, -0.25) is 0 Å². The largest absolute Gasteiger partial charge is 0.364 e. The molecule has 0 amide bonds. The molecule has 0 aliphatic heterocycles. The Morgan fingerprint density at radius 3 is 2.91 bits per heavy atom. The van der Waals surface area contributed by atoms with Gasteiger partial charge < -0.3 is 10.2 Å². The second-order valence-electron chi connectivity index (χ2n) is 6.39. The van der Waals surface area contributed by atoms with Crippen molar-refractivity contribution in [3.05, 3.63) is 16.8 Å². The van der Waals surface area contributed by atoms with Gasteiger partial charge in [0.25, 0.3) is 0 Å². The molecule has 0 fully saturated rings. The van der Waals surface area contributed by atoms with E-state index in [1.807, 2.05) is 11.3 Å². The molecule has 0 bridgehead atoms. The van der Waals surface area contributed by atoms with E-state index in [4.69, 9.17) is 0 Å². The summed E-state index contributed by atoms with van der Waals surface area (Å²) in [5, 5.41) is 4.87. The Hall–Kier alpha value is -1.20. The molecule has 0 aromatic carbocycles. The third-order valence-corrected chi connectivity index (χ3v) is 6.06. The van der Waals surface area contributed by atoms with E-state index in [1.165, 1.54) is 48.2 Å². The number of likely N-dealkylation sites (N-methyl/N-ethyl adjacent to an activating group) is 1. The Bertz CT molecular complexity index is 633. The Morgan fingerprint density at radius 1 is 1.32 bits per heavy atom. The summed E-state index contributed by atoms with van der Waals surface area (Å²) in [6.45, 7) is 11.3. The van der Waals surface area contributed by atoms with Gasteiger partial charge in [0, 0.05) is 4.88 Å². The zero-order chi connectivity index (χ0) is 15.5. The summed E-state index contributed by atoms with van der Waals surface area (Å²) in [5.41, 5.74) is 1.51. The number of fused-ring (bicyclic) bond motifs is 3. The molecule has 5 heteroatoms. The van der Waals surface area contributed by atoms with Gasteiger partial charge in [0.1, 0.15) is 17.0 Å². The summed E-state index contributed by atoms with van der Waals surface area (Å²) >= 11 is 1.87. The van der Waals surface area contributed by atoms with Crippen LogP contribution >= 0.6 is 11.3 Å². The van der Waals surface area contributed by atoms with Crippen LogP contribution in [-0.2, 0) is 12.8 Å². The van der Waals surface area contributed by atoms with Crippen molar-refractivity contribution in [2.45, 2.75) is 40.0 Å². The lowest BCUT2D eigenvalue weighted by Gasteiger charge is -2.19. The highest BCUT2D eigenvalue weighted by atomic mass is 32.1. The van der Waals surface area contributed by atoms with Gasteiger partial charge in [-0.05, 0) is 44.6 Å². The number of hydrogen-bond acceptors (Lipinski definition) is 4. The van der Waals surface area contributed by atoms with Gasteiger partial charge in [-0.25, -0.2) is 9.97 Å². The number of thiophene rings is 1. The quantitative estimate of drug-likeness (QED) is 0.857. The predicted molar refractivity (Wildman–Crippen MR) is 94.0 cm³/mol. The first-order valence-corrected chi connectivity index (χ1v) is 9.37. The normalized spacial score (nSPS) is 17.9. The molecule has 2 aromatic heterocycles. The van der Waals surface area contributed by atoms with Crippen molar-refractivity contribution in [1.29, 1.82) is 0 Å². The highest BCUT2D eigenvalue weighted by Gasteiger charge is 2.23. The van der Waals surface area contributed by atoms with Crippen LogP contribution in [-0.4, -0.2) is 36.1 Å². The molecule has 22 heavy (non-hydrogen) atoms. The number of rotatable bonds is 6. The van der Waals surface area contributed by atoms with E-state index < -0.39 is 0 Å². The van der Waals surface area contributed by atoms with E-state index in [-0.39, 0.29) is 0 Å². The minimum absolute atomic E-state index is 0.776. The maximum atomic E-state index is 4.54. The molecule has 2 N–H and O–H groups in total. The third-order valence-electron chi connectivity index (χ3n) is 4.86. The van der Waals surface area contributed by atoms with Crippen molar-refractivity contribution in [2.24, 2.45) is 5.92 Å². The molecule has 1 aliphatic rings. The molecule has 2 heterocycles. The van der Waals surface area contributed by atoms with E-state index in [9.17, 15) is 0 Å². The van der Waals surface area contributed by atoms with Crippen molar-refractivity contribution in [3.63, 3.8) is 0 Å². The minimum atomic E-state index is 0.776. The summed E-state index contributed by atoms with van der Waals surface area (Å²) in [4.78, 5) is 13.4. The second-order valence-corrected chi connectivity index (χ2v) is 7.47. The molecule has 4 nitrogen and oxygen atoms in total. The fraction of sp³-hybridized carbons (Fsp3) is 0.647. The summed E-state index contributed by atoms with van der Waals surface area (Å²) in [7, 11) is 0. The van der Waals surface area contributed by atoms with Crippen LogP contribution < -0.4 is 10.2 Å². The highest BCUT2D eigenvalue weighted by molar-refractivity contribution is 7.19. The molecule has 0 saturated heterocycles. The van der Waals surface area contributed by atoms with Gasteiger partial charge in [0.05, 0.1) is 31.6 Å². The van der Waals surface area contributed by atoms with E-state index >= 15 is 0 Å². The van der Waals surface area contributed by atoms with Gasteiger partial charge in [-0.2, -0.15) is 0 Å². The standard InChI is InChI=1S/C17H26N4S/c1-4-21(5-2)9-8-18-16-15-13-10-12(3)6-7-14(13)22-17(15)20-11-19-16/h11-12H,4-10H2,1-3H3,(H,18,19,20)/p+1/t12-/m1/s1. The van der Waals surface area contributed by atoms with Crippen LogP contribution in [0.3, 0.4) is 0 Å². The van der Waals surface area contributed by atoms with E-state index in [0.717, 1.165) is 29.7 Å². The molecule has 0 spiro atoms. The zero-order valence-corrected chi connectivity index (χ0v) is 14.7. The van der Waals surface area contributed by atoms with Crippen molar-refractivity contribution in [3.8, 4) is 0 Å². The molecule has 0 radical (unpaired) electrons. The van der Waals surface area contributed by atoms with Crippen LogP contribution in [0.1, 0.15) is 37.6 Å². The number of anilines is 1. The average Bonchev–Trinajstić information content (AvgIpc) is 2.90. The molecule has 2 aromatic rings. The molecular weight excluding hydrogens is 292 g/mol. The molecule has 0 unspecified atom stereocenters. The summed E-state index contributed by atoms with van der Waals surface area (Å²) in [5.74, 6) is 1.82. The van der Waals surface area contributed by atoms with Crippen LogP contribution in [0.4, 0.5) is 5.82 Å². The topological polar surface area (TPSA) is 42.2 Å². The number of nitrogens with one attached hydrogen (secondary N) is 2. The molecule has 120 valence electrons. The second kappa shape index (κ2) is 6.92. The lowest BCUT2D eigenvalue weighted by atomic mass is 9.88. The number of nitrogens with zero attached hydrogens (tertiary/aromatic N) is 2. The maximum absolute atomic E-state index is 4.54. The fourth-order valence-corrected chi connectivity index (χ4v) is 4.56. The van der Waals surface area contributed by atoms with Crippen molar-refractivity contribution < 1.29 is 4.90 Å². The Balaban J connectivity index is 1.82. The third kappa shape index (κ3) is 3.10. The summed E-state index contributed by atoms with van der Waals surface area (Å²) < 4.78 is 0. The maximum Gasteiger partial charge on any atom is 0.138 e. The number of aryl methyl sites for hydroxylation is 1. The smallest absolute Gasteiger partial charge is 0.138 e. The number of aromatic nitrogens is 2. The fourth-order valence-electron chi connectivity index (χ4n) is 3.38.